The Morgan fingerprint density at radius 1 is 1.24 bits per heavy atom. The molecule has 2 aromatic carbocycles. The van der Waals surface area contributed by atoms with Crippen molar-refractivity contribution in [3.8, 4) is 0 Å². The fourth-order valence-corrected chi connectivity index (χ4v) is 2.35. The minimum absolute atomic E-state index is 0.0191. The second-order valence-electron chi connectivity index (χ2n) is 4.80. The molecular formula is C15H14BrFN2O2. The lowest BCUT2D eigenvalue weighted by Crippen LogP contribution is -2.04. The van der Waals surface area contributed by atoms with Crippen molar-refractivity contribution in [2.24, 2.45) is 0 Å². The van der Waals surface area contributed by atoms with Gasteiger partial charge in [0.2, 0.25) is 0 Å². The predicted molar refractivity (Wildman–Crippen MR) is 84.0 cm³/mol. The molecule has 0 atom stereocenters. The largest absolute Gasteiger partial charge is 0.375 e. The van der Waals surface area contributed by atoms with Crippen LogP contribution in [0.2, 0.25) is 0 Å². The molecule has 0 saturated heterocycles. The van der Waals surface area contributed by atoms with Gasteiger partial charge in [0.05, 0.1) is 4.92 Å². The Hall–Kier alpha value is -1.95. The maximum Gasteiger partial charge on any atom is 0.292 e. The van der Waals surface area contributed by atoms with E-state index in [1.807, 2.05) is 13.8 Å². The van der Waals surface area contributed by atoms with E-state index in [0.29, 0.717) is 17.8 Å². The van der Waals surface area contributed by atoms with Crippen molar-refractivity contribution in [3.05, 3.63) is 67.4 Å². The summed E-state index contributed by atoms with van der Waals surface area (Å²) in [6, 6.07) is 7.64. The summed E-state index contributed by atoms with van der Waals surface area (Å²) in [5, 5.41) is 14.1. The molecule has 0 bridgehead atoms. The van der Waals surface area contributed by atoms with Crippen LogP contribution in [0.3, 0.4) is 0 Å². The molecule has 21 heavy (non-hydrogen) atoms. The van der Waals surface area contributed by atoms with Crippen molar-refractivity contribution in [3.63, 3.8) is 0 Å². The molecular weight excluding hydrogens is 339 g/mol. The molecule has 0 aromatic heterocycles. The fourth-order valence-electron chi connectivity index (χ4n) is 1.96. The van der Waals surface area contributed by atoms with Gasteiger partial charge in [-0.25, -0.2) is 4.39 Å². The summed E-state index contributed by atoms with van der Waals surface area (Å²) in [5.74, 6) is -0.343. The monoisotopic (exact) mass is 352 g/mol. The van der Waals surface area contributed by atoms with Gasteiger partial charge in [-0.3, -0.25) is 10.1 Å². The molecule has 0 saturated carbocycles. The molecule has 0 amide bonds. The summed E-state index contributed by atoms with van der Waals surface area (Å²) in [4.78, 5) is 10.7. The molecule has 0 heterocycles. The van der Waals surface area contributed by atoms with E-state index in [1.165, 1.54) is 18.2 Å². The maximum absolute atomic E-state index is 13.2. The van der Waals surface area contributed by atoms with E-state index in [-0.39, 0.29) is 11.5 Å². The van der Waals surface area contributed by atoms with Crippen LogP contribution in [0.1, 0.15) is 16.7 Å². The number of nitro groups is 1. The van der Waals surface area contributed by atoms with Crippen LogP contribution in [0.15, 0.2) is 34.8 Å². The fraction of sp³-hybridized carbons (Fsp3) is 0.200. The number of anilines is 1. The number of nitrogens with one attached hydrogen (secondary N) is 1. The molecule has 1 N–H and O–H groups in total. The zero-order chi connectivity index (χ0) is 15.6. The lowest BCUT2D eigenvalue weighted by Gasteiger charge is -2.11. The van der Waals surface area contributed by atoms with E-state index in [9.17, 15) is 14.5 Å². The zero-order valence-electron chi connectivity index (χ0n) is 11.6. The average Bonchev–Trinajstić information content (AvgIpc) is 2.42. The number of rotatable bonds is 4. The van der Waals surface area contributed by atoms with Crippen LogP contribution in [-0.2, 0) is 6.54 Å². The number of aryl methyl sites for hydroxylation is 2. The first-order valence-electron chi connectivity index (χ1n) is 6.32. The standard InChI is InChI=1S/C15H14BrFN2O2/c1-9-5-14(15(19(20)21)6-10(9)2)18-8-11-7-12(17)3-4-13(11)16/h3-7,18H,8H2,1-2H3. The smallest absolute Gasteiger partial charge is 0.292 e. The minimum Gasteiger partial charge on any atom is -0.375 e. The second kappa shape index (κ2) is 6.22. The Labute approximate surface area is 130 Å². The topological polar surface area (TPSA) is 55.2 Å². The first-order chi connectivity index (χ1) is 9.88. The van der Waals surface area contributed by atoms with Crippen LogP contribution < -0.4 is 5.32 Å². The third-order valence-electron chi connectivity index (χ3n) is 3.29. The van der Waals surface area contributed by atoms with Crippen molar-refractivity contribution in [1.29, 1.82) is 0 Å². The molecule has 2 rings (SSSR count). The first-order valence-corrected chi connectivity index (χ1v) is 7.11. The summed E-state index contributed by atoms with van der Waals surface area (Å²) in [6.07, 6.45) is 0. The lowest BCUT2D eigenvalue weighted by molar-refractivity contribution is -0.384. The number of nitro benzene ring substituents is 1. The van der Waals surface area contributed by atoms with Gasteiger partial charge in [-0.15, -0.1) is 0 Å². The Balaban J connectivity index is 2.29. The molecule has 0 aliphatic carbocycles. The van der Waals surface area contributed by atoms with Gasteiger partial charge in [-0.1, -0.05) is 15.9 Å². The predicted octanol–water partition coefficient (Wildman–Crippen LogP) is 4.73. The Bertz CT molecular complexity index is 704. The van der Waals surface area contributed by atoms with Crippen molar-refractivity contribution in [1.82, 2.24) is 0 Å². The average molecular weight is 353 g/mol. The summed E-state index contributed by atoms with van der Waals surface area (Å²) >= 11 is 3.34. The molecule has 0 spiro atoms. The molecule has 110 valence electrons. The third kappa shape index (κ3) is 3.58. The van der Waals surface area contributed by atoms with E-state index in [4.69, 9.17) is 0 Å². The lowest BCUT2D eigenvalue weighted by atomic mass is 10.1. The van der Waals surface area contributed by atoms with Gasteiger partial charge in [0.25, 0.3) is 5.69 Å². The van der Waals surface area contributed by atoms with Gasteiger partial charge in [-0.05, 0) is 54.8 Å². The van der Waals surface area contributed by atoms with E-state index in [0.717, 1.165) is 15.6 Å². The van der Waals surface area contributed by atoms with Crippen LogP contribution in [0.4, 0.5) is 15.8 Å². The minimum atomic E-state index is -0.421. The number of hydrogen-bond acceptors (Lipinski definition) is 3. The second-order valence-corrected chi connectivity index (χ2v) is 5.65. The number of halogens is 2. The highest BCUT2D eigenvalue weighted by Gasteiger charge is 2.15. The quantitative estimate of drug-likeness (QED) is 0.639. The number of benzene rings is 2. The van der Waals surface area contributed by atoms with Gasteiger partial charge >= 0.3 is 0 Å². The summed E-state index contributed by atoms with van der Waals surface area (Å²) in [6.45, 7) is 4.01. The van der Waals surface area contributed by atoms with E-state index in [1.54, 1.807) is 12.1 Å². The summed E-state index contributed by atoms with van der Waals surface area (Å²) in [7, 11) is 0. The first kappa shape index (κ1) is 15.4. The van der Waals surface area contributed by atoms with E-state index >= 15 is 0 Å². The maximum atomic E-state index is 13.2. The highest BCUT2D eigenvalue weighted by molar-refractivity contribution is 9.10. The zero-order valence-corrected chi connectivity index (χ0v) is 13.2. The molecule has 0 aliphatic rings. The van der Waals surface area contributed by atoms with Gasteiger partial charge in [0.1, 0.15) is 11.5 Å². The Morgan fingerprint density at radius 2 is 1.90 bits per heavy atom. The van der Waals surface area contributed by atoms with Crippen molar-refractivity contribution < 1.29 is 9.31 Å². The number of nitrogens with zero attached hydrogens (tertiary/aromatic N) is 1. The summed E-state index contributed by atoms with van der Waals surface area (Å²) < 4.78 is 14.0. The van der Waals surface area contributed by atoms with Crippen molar-refractivity contribution in [2.75, 3.05) is 5.32 Å². The number of hydrogen-bond donors (Lipinski definition) is 1. The van der Waals surface area contributed by atoms with Gasteiger partial charge < -0.3 is 5.32 Å². The van der Waals surface area contributed by atoms with E-state index < -0.39 is 4.92 Å². The SMILES string of the molecule is Cc1cc(NCc2cc(F)ccc2Br)c([N+](=O)[O-])cc1C. The van der Waals surface area contributed by atoms with Crippen LogP contribution in [-0.4, -0.2) is 4.92 Å². The van der Waals surface area contributed by atoms with Crippen LogP contribution in [0.25, 0.3) is 0 Å². The van der Waals surface area contributed by atoms with Gasteiger partial charge in [0.15, 0.2) is 0 Å². The van der Waals surface area contributed by atoms with Crippen molar-refractivity contribution >= 4 is 27.3 Å². The van der Waals surface area contributed by atoms with Crippen molar-refractivity contribution in [2.45, 2.75) is 20.4 Å². The molecule has 0 unspecified atom stereocenters. The van der Waals surface area contributed by atoms with E-state index in [2.05, 4.69) is 21.2 Å². The molecule has 4 nitrogen and oxygen atoms in total. The Morgan fingerprint density at radius 3 is 2.57 bits per heavy atom. The molecule has 2 aromatic rings. The normalized spacial score (nSPS) is 10.5. The summed E-state index contributed by atoms with van der Waals surface area (Å²) in [5.41, 5.74) is 2.97. The van der Waals surface area contributed by atoms with Crippen LogP contribution in [0.5, 0.6) is 0 Å². The highest BCUT2D eigenvalue weighted by Crippen LogP contribution is 2.29. The Kier molecular flexibility index (Phi) is 4.57. The van der Waals surface area contributed by atoms with Crippen LogP contribution >= 0.6 is 15.9 Å². The molecule has 0 radical (unpaired) electrons. The van der Waals surface area contributed by atoms with Crippen LogP contribution in [0, 0.1) is 29.8 Å². The molecule has 0 fully saturated rings. The highest BCUT2D eigenvalue weighted by atomic mass is 79.9. The third-order valence-corrected chi connectivity index (χ3v) is 4.06. The van der Waals surface area contributed by atoms with Gasteiger partial charge in [-0.2, -0.15) is 0 Å². The molecule has 6 heteroatoms. The van der Waals surface area contributed by atoms with Gasteiger partial charge in [0, 0.05) is 17.1 Å². The molecule has 0 aliphatic heterocycles.